The summed E-state index contributed by atoms with van der Waals surface area (Å²) < 4.78 is 14.1. The highest BCUT2D eigenvalue weighted by Crippen LogP contribution is 2.20. The first-order valence-corrected chi connectivity index (χ1v) is 5.25. The van der Waals surface area contributed by atoms with Crippen molar-refractivity contribution in [2.45, 2.75) is 11.1 Å². The Kier molecular flexibility index (Phi) is 2.81. The molecule has 1 heterocycles. The number of thiophene rings is 1. The summed E-state index contributed by atoms with van der Waals surface area (Å²) in [7, 11) is 2.67. The highest BCUT2D eigenvalue weighted by atomic mass is 32.2. The largest absolute Gasteiger partial charge is 0.236 e. The molecule has 2 nitrogen and oxygen atoms in total. The van der Waals surface area contributed by atoms with Crippen LogP contribution < -0.4 is 0 Å². The van der Waals surface area contributed by atoms with Crippen molar-refractivity contribution in [2.75, 3.05) is 14.1 Å². The average Bonchev–Trinajstić information content (AvgIpc) is 2.33. The third kappa shape index (κ3) is 1.89. The van der Waals surface area contributed by atoms with Gasteiger partial charge < -0.3 is 0 Å². The van der Waals surface area contributed by atoms with Gasteiger partial charge in [-0.2, -0.15) is 0 Å². The third-order valence-corrected chi connectivity index (χ3v) is 4.13. The van der Waals surface area contributed by atoms with Gasteiger partial charge in [-0.25, -0.2) is 8.51 Å². The molecule has 0 spiro atoms. The van der Waals surface area contributed by atoms with E-state index in [9.17, 15) is 4.21 Å². The van der Waals surface area contributed by atoms with Crippen LogP contribution in [0, 0.1) is 6.92 Å². The summed E-state index contributed by atoms with van der Waals surface area (Å²) >= 11 is 1.54. The van der Waals surface area contributed by atoms with Gasteiger partial charge in [0.15, 0.2) is 0 Å². The molecule has 1 atom stereocenters. The average molecular weight is 189 g/mol. The summed E-state index contributed by atoms with van der Waals surface area (Å²) in [5, 5.41) is 1.96. The topological polar surface area (TPSA) is 20.3 Å². The fourth-order valence-corrected chi connectivity index (χ4v) is 2.97. The Morgan fingerprint density at radius 3 is 2.55 bits per heavy atom. The van der Waals surface area contributed by atoms with Gasteiger partial charge in [0.1, 0.15) is 15.2 Å². The fraction of sp³-hybridized carbons (Fsp3) is 0.429. The maximum Gasteiger partial charge on any atom is 0.137 e. The molecule has 0 aromatic carbocycles. The first kappa shape index (κ1) is 8.90. The molecule has 62 valence electrons. The predicted octanol–water partition coefficient (Wildman–Crippen LogP) is 1.64. The Bertz CT molecular complexity index is 267. The van der Waals surface area contributed by atoms with Crippen LogP contribution in [-0.2, 0) is 11.0 Å². The molecule has 11 heavy (non-hydrogen) atoms. The van der Waals surface area contributed by atoms with Crippen LogP contribution in [-0.4, -0.2) is 22.6 Å². The number of aryl methyl sites for hydroxylation is 1. The summed E-state index contributed by atoms with van der Waals surface area (Å²) in [6, 6.07) is 1.99. The number of hydrogen-bond donors (Lipinski definition) is 0. The van der Waals surface area contributed by atoms with E-state index in [0.29, 0.717) is 0 Å². The lowest BCUT2D eigenvalue weighted by molar-refractivity contribution is 0.604. The van der Waals surface area contributed by atoms with Crippen molar-refractivity contribution in [1.29, 1.82) is 0 Å². The van der Waals surface area contributed by atoms with Crippen LogP contribution in [0.1, 0.15) is 5.56 Å². The zero-order chi connectivity index (χ0) is 8.43. The van der Waals surface area contributed by atoms with Crippen LogP contribution in [0.4, 0.5) is 0 Å². The molecular weight excluding hydrogens is 178 g/mol. The first-order valence-electron chi connectivity index (χ1n) is 3.26. The fourth-order valence-electron chi connectivity index (χ4n) is 0.704. The van der Waals surface area contributed by atoms with Gasteiger partial charge in [-0.15, -0.1) is 11.3 Å². The lowest BCUT2D eigenvalue weighted by Crippen LogP contribution is -2.14. The summed E-state index contributed by atoms with van der Waals surface area (Å²) in [6.07, 6.45) is 0. The second-order valence-electron chi connectivity index (χ2n) is 2.45. The Hall–Kier alpha value is -0.190. The SMILES string of the molecule is Cc1ccsc1S(=O)N(C)C. The van der Waals surface area contributed by atoms with Gasteiger partial charge in [-0.05, 0) is 38.0 Å². The maximum absolute atomic E-state index is 11.5. The van der Waals surface area contributed by atoms with E-state index in [1.165, 1.54) is 0 Å². The molecule has 1 aromatic heterocycles. The zero-order valence-corrected chi connectivity index (χ0v) is 8.46. The highest BCUT2D eigenvalue weighted by Gasteiger charge is 2.09. The monoisotopic (exact) mass is 189 g/mol. The molecule has 0 bridgehead atoms. The van der Waals surface area contributed by atoms with Crippen LogP contribution >= 0.6 is 11.3 Å². The van der Waals surface area contributed by atoms with Gasteiger partial charge in [0.05, 0.1) is 0 Å². The Morgan fingerprint density at radius 1 is 1.55 bits per heavy atom. The van der Waals surface area contributed by atoms with E-state index in [1.54, 1.807) is 15.6 Å². The van der Waals surface area contributed by atoms with E-state index in [4.69, 9.17) is 0 Å². The molecule has 0 saturated heterocycles. The summed E-state index contributed by atoms with van der Waals surface area (Å²) in [6.45, 7) is 1.98. The molecule has 1 unspecified atom stereocenters. The van der Waals surface area contributed by atoms with E-state index >= 15 is 0 Å². The van der Waals surface area contributed by atoms with Crippen molar-refractivity contribution < 1.29 is 4.21 Å². The molecule has 0 radical (unpaired) electrons. The molecular formula is C7H11NOS2. The van der Waals surface area contributed by atoms with Crippen molar-refractivity contribution in [3.05, 3.63) is 17.0 Å². The standard InChI is InChI=1S/C7H11NOS2/c1-6-4-5-10-7(6)11(9)8(2)3/h4-5H,1-3H3. The normalized spacial score (nSPS) is 13.8. The Labute approximate surface area is 73.4 Å². The minimum atomic E-state index is -0.964. The minimum Gasteiger partial charge on any atom is -0.236 e. The quantitative estimate of drug-likeness (QED) is 0.692. The first-order chi connectivity index (χ1) is 5.13. The smallest absolute Gasteiger partial charge is 0.137 e. The van der Waals surface area contributed by atoms with E-state index in [-0.39, 0.29) is 0 Å². The summed E-state index contributed by atoms with van der Waals surface area (Å²) in [5.41, 5.74) is 1.11. The van der Waals surface area contributed by atoms with Crippen molar-refractivity contribution >= 4 is 22.3 Å². The predicted molar refractivity (Wildman–Crippen MR) is 49.2 cm³/mol. The molecule has 0 fully saturated rings. The number of nitrogens with zero attached hydrogens (tertiary/aromatic N) is 1. The van der Waals surface area contributed by atoms with Crippen molar-refractivity contribution in [3.63, 3.8) is 0 Å². The molecule has 1 aromatic rings. The number of rotatable bonds is 2. The van der Waals surface area contributed by atoms with Crippen LogP contribution in [0.5, 0.6) is 0 Å². The Morgan fingerprint density at radius 2 is 2.18 bits per heavy atom. The van der Waals surface area contributed by atoms with Gasteiger partial charge in [-0.1, -0.05) is 0 Å². The lowest BCUT2D eigenvalue weighted by atomic mass is 10.4. The zero-order valence-electron chi connectivity index (χ0n) is 6.83. The van der Waals surface area contributed by atoms with E-state index in [2.05, 4.69) is 0 Å². The van der Waals surface area contributed by atoms with Crippen LogP contribution in [0.15, 0.2) is 15.7 Å². The van der Waals surface area contributed by atoms with Gasteiger partial charge in [0.2, 0.25) is 0 Å². The highest BCUT2D eigenvalue weighted by molar-refractivity contribution is 7.85. The number of hydrogen-bond acceptors (Lipinski definition) is 2. The Balaban J connectivity index is 2.93. The molecule has 1 rings (SSSR count). The van der Waals surface area contributed by atoms with E-state index in [1.807, 2.05) is 32.5 Å². The van der Waals surface area contributed by atoms with Gasteiger partial charge >= 0.3 is 0 Å². The van der Waals surface area contributed by atoms with Gasteiger partial charge in [0, 0.05) is 0 Å². The third-order valence-electron chi connectivity index (χ3n) is 1.31. The molecule has 0 aliphatic rings. The molecule has 4 heteroatoms. The molecule has 0 aliphatic heterocycles. The van der Waals surface area contributed by atoms with Crippen LogP contribution in [0.25, 0.3) is 0 Å². The van der Waals surface area contributed by atoms with Crippen molar-refractivity contribution in [3.8, 4) is 0 Å². The van der Waals surface area contributed by atoms with Crippen LogP contribution in [0.2, 0.25) is 0 Å². The maximum atomic E-state index is 11.5. The molecule has 0 saturated carbocycles. The minimum absolute atomic E-state index is 0.954. The van der Waals surface area contributed by atoms with Gasteiger partial charge in [0.25, 0.3) is 0 Å². The van der Waals surface area contributed by atoms with Crippen molar-refractivity contribution in [1.82, 2.24) is 4.31 Å². The molecule has 0 aliphatic carbocycles. The summed E-state index contributed by atoms with van der Waals surface area (Å²) in [5.74, 6) is 0. The van der Waals surface area contributed by atoms with E-state index in [0.717, 1.165) is 9.77 Å². The van der Waals surface area contributed by atoms with Gasteiger partial charge in [-0.3, -0.25) is 0 Å². The summed E-state index contributed by atoms with van der Waals surface area (Å²) in [4.78, 5) is 0. The molecule has 0 N–H and O–H groups in total. The second kappa shape index (κ2) is 3.47. The second-order valence-corrected chi connectivity index (χ2v) is 5.26. The molecule has 0 amide bonds. The van der Waals surface area contributed by atoms with Crippen molar-refractivity contribution in [2.24, 2.45) is 0 Å². The van der Waals surface area contributed by atoms with E-state index < -0.39 is 11.0 Å². The lowest BCUT2D eigenvalue weighted by Gasteiger charge is -2.07. The van der Waals surface area contributed by atoms with Crippen LogP contribution in [0.3, 0.4) is 0 Å².